The van der Waals surface area contributed by atoms with E-state index in [0.717, 1.165) is 19.4 Å². The van der Waals surface area contributed by atoms with Gasteiger partial charge in [0.1, 0.15) is 5.75 Å². The van der Waals surface area contributed by atoms with E-state index in [1.807, 2.05) is 31.4 Å². The molecular weight excluding hydrogens is 404 g/mol. The molecule has 4 rings (SSSR count). The van der Waals surface area contributed by atoms with E-state index in [2.05, 4.69) is 26.2 Å². The summed E-state index contributed by atoms with van der Waals surface area (Å²) in [5, 5.41) is 5.79. The standard InChI is InChI=1S/C25H28N4O3/c1-28-15-5-8-21(28)22-9-6-16-29(22)17-24(30)26-19-13-11-18(12-14-19)25(31)27-20-7-3-4-10-23(20)32-2/h3-5,7-8,10-15,22H,6,9,16-17H2,1-2H3,(H,26,30)(H,27,31). The largest absolute Gasteiger partial charge is 0.495 e. The smallest absolute Gasteiger partial charge is 0.255 e. The average molecular weight is 433 g/mol. The number of carbonyl (C=O) groups excluding carboxylic acids is 2. The van der Waals surface area contributed by atoms with Crippen molar-refractivity contribution < 1.29 is 14.3 Å². The maximum absolute atomic E-state index is 12.6. The van der Waals surface area contributed by atoms with Gasteiger partial charge in [-0.2, -0.15) is 0 Å². The Morgan fingerprint density at radius 3 is 2.53 bits per heavy atom. The molecule has 1 aromatic heterocycles. The van der Waals surface area contributed by atoms with Gasteiger partial charge in [-0.15, -0.1) is 0 Å². The molecule has 2 heterocycles. The summed E-state index contributed by atoms with van der Waals surface area (Å²) >= 11 is 0. The monoisotopic (exact) mass is 432 g/mol. The third-order valence-corrected chi connectivity index (χ3v) is 5.82. The normalized spacial score (nSPS) is 16.0. The summed E-state index contributed by atoms with van der Waals surface area (Å²) in [6.07, 6.45) is 4.18. The number of anilines is 2. The van der Waals surface area contributed by atoms with Crippen LogP contribution in [0.3, 0.4) is 0 Å². The second-order valence-corrected chi connectivity index (χ2v) is 7.95. The van der Waals surface area contributed by atoms with Crippen LogP contribution in [-0.4, -0.2) is 41.5 Å². The summed E-state index contributed by atoms with van der Waals surface area (Å²) in [5.41, 5.74) is 3.01. The third kappa shape index (κ3) is 4.84. The van der Waals surface area contributed by atoms with Crippen LogP contribution in [0.1, 0.15) is 34.9 Å². The van der Waals surface area contributed by atoms with Crippen LogP contribution in [0, 0.1) is 0 Å². The molecule has 1 unspecified atom stereocenters. The van der Waals surface area contributed by atoms with Gasteiger partial charge in [-0.3, -0.25) is 14.5 Å². The lowest BCUT2D eigenvalue weighted by Gasteiger charge is -2.24. The molecule has 1 fully saturated rings. The number of nitrogens with zero attached hydrogens (tertiary/aromatic N) is 2. The molecule has 3 aromatic rings. The number of ether oxygens (including phenoxy) is 1. The predicted molar refractivity (Wildman–Crippen MR) is 125 cm³/mol. The topological polar surface area (TPSA) is 75.6 Å². The first kappa shape index (κ1) is 21.6. The molecule has 1 aliphatic heterocycles. The highest BCUT2D eigenvalue weighted by atomic mass is 16.5. The predicted octanol–water partition coefficient (Wildman–Crippen LogP) is 4.06. The average Bonchev–Trinajstić information content (AvgIpc) is 3.42. The number of aromatic nitrogens is 1. The van der Waals surface area contributed by atoms with Gasteiger partial charge in [-0.05, 0) is 67.9 Å². The quantitative estimate of drug-likeness (QED) is 0.590. The Labute approximate surface area is 188 Å². The Bertz CT molecular complexity index is 1090. The Morgan fingerprint density at radius 1 is 1.03 bits per heavy atom. The lowest BCUT2D eigenvalue weighted by atomic mass is 10.1. The first-order valence-corrected chi connectivity index (χ1v) is 10.7. The minimum Gasteiger partial charge on any atom is -0.495 e. The fourth-order valence-corrected chi connectivity index (χ4v) is 4.20. The molecule has 7 heteroatoms. The molecule has 2 aromatic carbocycles. The van der Waals surface area contributed by atoms with Crippen molar-refractivity contribution in [3.05, 3.63) is 78.1 Å². The van der Waals surface area contributed by atoms with E-state index in [1.165, 1.54) is 5.69 Å². The van der Waals surface area contributed by atoms with Crippen LogP contribution in [-0.2, 0) is 11.8 Å². The number of rotatable bonds is 7. The van der Waals surface area contributed by atoms with E-state index in [4.69, 9.17) is 4.74 Å². The second kappa shape index (κ2) is 9.70. The summed E-state index contributed by atoms with van der Waals surface area (Å²) in [4.78, 5) is 27.4. The summed E-state index contributed by atoms with van der Waals surface area (Å²) < 4.78 is 7.39. The Balaban J connectivity index is 1.34. The van der Waals surface area contributed by atoms with Crippen molar-refractivity contribution >= 4 is 23.2 Å². The minimum absolute atomic E-state index is 0.0580. The van der Waals surface area contributed by atoms with Crippen LogP contribution in [0.15, 0.2) is 66.9 Å². The molecule has 0 radical (unpaired) electrons. The zero-order valence-electron chi connectivity index (χ0n) is 18.4. The fraction of sp³-hybridized carbons (Fsp3) is 0.280. The maximum Gasteiger partial charge on any atom is 0.255 e. The second-order valence-electron chi connectivity index (χ2n) is 7.95. The Morgan fingerprint density at radius 2 is 1.81 bits per heavy atom. The number of carbonyl (C=O) groups is 2. The van der Waals surface area contributed by atoms with Crippen molar-refractivity contribution in [2.24, 2.45) is 7.05 Å². The van der Waals surface area contributed by atoms with Crippen molar-refractivity contribution in [1.29, 1.82) is 0 Å². The highest BCUT2D eigenvalue weighted by Crippen LogP contribution is 2.31. The SMILES string of the molecule is COc1ccccc1NC(=O)c1ccc(NC(=O)CN2CCCC2c2cccn2C)cc1. The fourth-order valence-electron chi connectivity index (χ4n) is 4.20. The van der Waals surface area contributed by atoms with Crippen LogP contribution in [0.2, 0.25) is 0 Å². The number of benzene rings is 2. The molecule has 0 spiro atoms. The van der Waals surface area contributed by atoms with E-state index in [1.54, 1.807) is 43.5 Å². The number of aryl methyl sites for hydroxylation is 1. The number of likely N-dealkylation sites (tertiary alicyclic amines) is 1. The van der Waals surface area contributed by atoms with Crippen LogP contribution in [0.4, 0.5) is 11.4 Å². The molecule has 1 aliphatic rings. The van der Waals surface area contributed by atoms with Crippen molar-refractivity contribution in [1.82, 2.24) is 9.47 Å². The molecule has 0 aliphatic carbocycles. The van der Waals surface area contributed by atoms with E-state index in [9.17, 15) is 9.59 Å². The molecule has 0 saturated carbocycles. The molecule has 32 heavy (non-hydrogen) atoms. The maximum atomic E-state index is 12.6. The summed E-state index contributed by atoms with van der Waals surface area (Å²) in [5.74, 6) is 0.299. The molecule has 166 valence electrons. The number of nitrogens with one attached hydrogen (secondary N) is 2. The van der Waals surface area contributed by atoms with Gasteiger partial charge in [-0.25, -0.2) is 0 Å². The molecule has 7 nitrogen and oxygen atoms in total. The van der Waals surface area contributed by atoms with Crippen LogP contribution in [0.5, 0.6) is 5.75 Å². The van der Waals surface area contributed by atoms with Gasteiger partial charge in [0.15, 0.2) is 0 Å². The Kier molecular flexibility index (Phi) is 6.56. The first-order valence-electron chi connectivity index (χ1n) is 10.7. The van der Waals surface area contributed by atoms with Crippen molar-refractivity contribution in [2.45, 2.75) is 18.9 Å². The van der Waals surface area contributed by atoms with Crippen LogP contribution >= 0.6 is 0 Å². The molecule has 1 atom stereocenters. The van der Waals surface area contributed by atoms with Crippen molar-refractivity contribution in [3.8, 4) is 5.75 Å². The summed E-state index contributed by atoms with van der Waals surface area (Å²) in [6, 6.07) is 18.6. The zero-order chi connectivity index (χ0) is 22.5. The lowest BCUT2D eigenvalue weighted by molar-refractivity contribution is -0.117. The molecular formula is C25H28N4O3. The zero-order valence-corrected chi connectivity index (χ0v) is 18.4. The van der Waals surface area contributed by atoms with Crippen LogP contribution < -0.4 is 15.4 Å². The number of hydrogen-bond acceptors (Lipinski definition) is 4. The van der Waals surface area contributed by atoms with E-state index in [0.29, 0.717) is 29.2 Å². The third-order valence-electron chi connectivity index (χ3n) is 5.82. The molecule has 1 saturated heterocycles. The highest BCUT2D eigenvalue weighted by Gasteiger charge is 2.28. The number of methoxy groups -OCH3 is 1. The van der Waals surface area contributed by atoms with Gasteiger partial charge in [0.2, 0.25) is 5.91 Å². The van der Waals surface area contributed by atoms with E-state index in [-0.39, 0.29) is 17.9 Å². The first-order chi connectivity index (χ1) is 15.5. The summed E-state index contributed by atoms with van der Waals surface area (Å²) in [7, 11) is 3.60. The number of para-hydroxylation sites is 2. The van der Waals surface area contributed by atoms with E-state index >= 15 is 0 Å². The van der Waals surface area contributed by atoms with Crippen molar-refractivity contribution in [3.63, 3.8) is 0 Å². The van der Waals surface area contributed by atoms with Gasteiger partial charge in [0.05, 0.1) is 25.4 Å². The highest BCUT2D eigenvalue weighted by molar-refractivity contribution is 6.05. The molecule has 2 amide bonds. The summed E-state index contributed by atoms with van der Waals surface area (Å²) in [6.45, 7) is 1.25. The van der Waals surface area contributed by atoms with Gasteiger partial charge < -0.3 is 19.9 Å². The van der Waals surface area contributed by atoms with Crippen LogP contribution in [0.25, 0.3) is 0 Å². The van der Waals surface area contributed by atoms with E-state index < -0.39 is 0 Å². The Hall–Kier alpha value is -3.58. The number of amides is 2. The van der Waals surface area contributed by atoms with Gasteiger partial charge >= 0.3 is 0 Å². The lowest BCUT2D eigenvalue weighted by Crippen LogP contribution is -2.33. The van der Waals surface area contributed by atoms with Gasteiger partial charge in [0, 0.05) is 30.2 Å². The number of hydrogen-bond donors (Lipinski definition) is 2. The minimum atomic E-state index is -0.241. The molecule has 2 N–H and O–H groups in total. The van der Waals surface area contributed by atoms with Gasteiger partial charge in [-0.1, -0.05) is 12.1 Å². The molecule has 0 bridgehead atoms. The van der Waals surface area contributed by atoms with Crippen molar-refractivity contribution in [2.75, 3.05) is 30.8 Å². The van der Waals surface area contributed by atoms with Gasteiger partial charge in [0.25, 0.3) is 5.91 Å².